The van der Waals surface area contributed by atoms with Gasteiger partial charge >= 0.3 is 0 Å². The van der Waals surface area contributed by atoms with E-state index in [1.165, 1.54) is 0 Å². The maximum absolute atomic E-state index is 12.3. The van der Waals surface area contributed by atoms with Gasteiger partial charge in [-0.1, -0.05) is 18.2 Å². The molecule has 0 saturated carbocycles. The number of aromatic nitrogens is 1. The zero-order valence-electron chi connectivity index (χ0n) is 8.68. The summed E-state index contributed by atoms with van der Waals surface area (Å²) >= 11 is 3.42. The maximum Gasteiger partial charge on any atom is 0.132 e. The number of rotatable bonds is 2. The second-order valence-electron chi connectivity index (χ2n) is 3.32. The van der Waals surface area contributed by atoms with Crippen LogP contribution in [0.2, 0.25) is 0 Å². The van der Waals surface area contributed by atoms with Crippen molar-refractivity contribution in [2.75, 3.05) is 0 Å². The fourth-order valence-electron chi connectivity index (χ4n) is 1.41. The zero-order valence-corrected chi connectivity index (χ0v) is 11.1. The van der Waals surface area contributed by atoms with Crippen molar-refractivity contribution in [2.45, 2.75) is 16.8 Å². The maximum atomic E-state index is 12.3. The Bertz CT molecular complexity index is 508. The van der Waals surface area contributed by atoms with Crippen molar-refractivity contribution in [1.29, 1.82) is 0 Å². The summed E-state index contributed by atoms with van der Waals surface area (Å²) in [5, 5.41) is 0.581. The highest BCUT2D eigenvalue weighted by Gasteiger charge is 2.13. The number of aryl methyl sites for hydroxylation is 1. The highest BCUT2D eigenvalue weighted by Crippen LogP contribution is 2.26. The van der Waals surface area contributed by atoms with Crippen molar-refractivity contribution in [3.05, 3.63) is 52.6 Å². The molecule has 0 aliphatic heterocycles. The van der Waals surface area contributed by atoms with Crippen molar-refractivity contribution in [3.63, 3.8) is 0 Å². The lowest BCUT2D eigenvalue weighted by molar-refractivity contribution is 0.679. The van der Waals surface area contributed by atoms with Gasteiger partial charge in [-0.15, -0.1) is 0 Å². The van der Waals surface area contributed by atoms with Crippen molar-refractivity contribution in [1.82, 2.24) is 4.98 Å². The van der Waals surface area contributed by atoms with Crippen LogP contribution in [0.4, 0.5) is 0 Å². The Morgan fingerprint density at radius 3 is 2.62 bits per heavy atom. The first-order valence-electron chi connectivity index (χ1n) is 4.78. The Balaban J connectivity index is 2.50. The zero-order chi connectivity index (χ0) is 11.5. The van der Waals surface area contributed by atoms with Crippen LogP contribution in [0.15, 0.2) is 57.0 Å². The lowest BCUT2D eigenvalue weighted by Gasteiger charge is -2.07. The third-order valence-electron chi connectivity index (χ3n) is 2.18. The standard InChI is InChI=1S/C12H10BrNOS/c1-9-5-4-6-10(13)12(9)16(15)11-7-2-3-8-14-11/h2-8H,1H3. The average Bonchev–Trinajstić information content (AvgIpc) is 2.30. The van der Waals surface area contributed by atoms with E-state index >= 15 is 0 Å². The Morgan fingerprint density at radius 2 is 2.00 bits per heavy atom. The predicted molar refractivity (Wildman–Crippen MR) is 67.8 cm³/mol. The van der Waals surface area contributed by atoms with Crippen LogP contribution in [0.3, 0.4) is 0 Å². The highest BCUT2D eigenvalue weighted by molar-refractivity contribution is 9.10. The van der Waals surface area contributed by atoms with E-state index in [4.69, 9.17) is 0 Å². The minimum atomic E-state index is -1.23. The second kappa shape index (κ2) is 4.89. The van der Waals surface area contributed by atoms with E-state index < -0.39 is 10.8 Å². The minimum absolute atomic E-state index is 0.581. The van der Waals surface area contributed by atoms with Crippen molar-refractivity contribution >= 4 is 26.7 Å². The first-order chi connectivity index (χ1) is 7.70. The summed E-state index contributed by atoms with van der Waals surface area (Å²) in [5.74, 6) is 0. The third kappa shape index (κ3) is 2.23. The largest absolute Gasteiger partial charge is 0.247 e. The minimum Gasteiger partial charge on any atom is -0.247 e. The third-order valence-corrected chi connectivity index (χ3v) is 4.63. The molecule has 0 spiro atoms. The molecular formula is C12H10BrNOS. The average molecular weight is 296 g/mol. The van der Waals surface area contributed by atoms with Gasteiger partial charge in [-0.05, 0) is 46.6 Å². The molecule has 0 aliphatic rings. The lowest BCUT2D eigenvalue weighted by Crippen LogP contribution is -1.98. The molecule has 0 aliphatic carbocycles. The Kier molecular flexibility index (Phi) is 3.51. The molecule has 0 amide bonds. The molecule has 4 heteroatoms. The van der Waals surface area contributed by atoms with E-state index in [1.807, 2.05) is 37.3 Å². The van der Waals surface area contributed by atoms with Crippen LogP contribution in [0, 0.1) is 6.92 Å². The fraction of sp³-hybridized carbons (Fsp3) is 0.0833. The van der Waals surface area contributed by atoms with Crippen molar-refractivity contribution in [2.24, 2.45) is 0 Å². The van der Waals surface area contributed by atoms with E-state index in [1.54, 1.807) is 12.3 Å². The van der Waals surface area contributed by atoms with Crippen LogP contribution in [0.1, 0.15) is 5.56 Å². The highest BCUT2D eigenvalue weighted by atomic mass is 79.9. The quantitative estimate of drug-likeness (QED) is 0.851. The molecule has 1 heterocycles. The lowest BCUT2D eigenvalue weighted by atomic mass is 10.2. The molecule has 0 radical (unpaired) electrons. The van der Waals surface area contributed by atoms with E-state index in [0.717, 1.165) is 14.9 Å². The predicted octanol–water partition coefficient (Wildman–Crippen LogP) is 3.32. The molecule has 2 aromatic rings. The van der Waals surface area contributed by atoms with E-state index in [9.17, 15) is 4.21 Å². The van der Waals surface area contributed by atoms with E-state index in [2.05, 4.69) is 20.9 Å². The van der Waals surface area contributed by atoms with E-state index in [-0.39, 0.29) is 0 Å². The molecule has 1 aromatic carbocycles. The van der Waals surface area contributed by atoms with Gasteiger partial charge in [-0.2, -0.15) is 0 Å². The SMILES string of the molecule is Cc1cccc(Br)c1S(=O)c1ccccn1. The molecule has 0 saturated heterocycles. The molecule has 2 rings (SSSR count). The molecule has 1 atom stereocenters. The van der Waals surface area contributed by atoms with Gasteiger partial charge in [0.25, 0.3) is 0 Å². The Labute approximate surface area is 105 Å². The molecular weight excluding hydrogens is 286 g/mol. The number of benzene rings is 1. The normalized spacial score (nSPS) is 12.4. The van der Waals surface area contributed by atoms with Gasteiger partial charge in [-0.3, -0.25) is 0 Å². The molecule has 16 heavy (non-hydrogen) atoms. The number of hydrogen-bond acceptors (Lipinski definition) is 2. The van der Waals surface area contributed by atoms with Gasteiger partial charge in [0.15, 0.2) is 0 Å². The summed E-state index contributed by atoms with van der Waals surface area (Å²) in [7, 11) is -1.23. The van der Waals surface area contributed by atoms with Gasteiger partial charge in [0.05, 0.1) is 4.90 Å². The summed E-state index contributed by atoms with van der Waals surface area (Å²) in [4.78, 5) is 4.91. The van der Waals surface area contributed by atoms with Crippen molar-refractivity contribution < 1.29 is 4.21 Å². The Morgan fingerprint density at radius 1 is 1.19 bits per heavy atom. The van der Waals surface area contributed by atoms with Gasteiger partial charge < -0.3 is 0 Å². The summed E-state index contributed by atoms with van der Waals surface area (Å²) < 4.78 is 13.2. The number of pyridine rings is 1. The van der Waals surface area contributed by atoms with Crippen LogP contribution >= 0.6 is 15.9 Å². The van der Waals surface area contributed by atoms with Gasteiger partial charge in [0.1, 0.15) is 15.8 Å². The first-order valence-corrected chi connectivity index (χ1v) is 6.72. The van der Waals surface area contributed by atoms with Crippen LogP contribution in [0.25, 0.3) is 0 Å². The van der Waals surface area contributed by atoms with Gasteiger partial charge in [0.2, 0.25) is 0 Å². The van der Waals surface area contributed by atoms with Crippen LogP contribution in [-0.4, -0.2) is 9.19 Å². The van der Waals surface area contributed by atoms with Crippen LogP contribution in [0.5, 0.6) is 0 Å². The summed E-state index contributed by atoms with van der Waals surface area (Å²) in [5.41, 5.74) is 0.998. The molecule has 2 nitrogen and oxygen atoms in total. The monoisotopic (exact) mass is 295 g/mol. The number of nitrogens with zero attached hydrogens (tertiary/aromatic N) is 1. The molecule has 0 N–H and O–H groups in total. The van der Waals surface area contributed by atoms with Gasteiger partial charge in [0, 0.05) is 10.7 Å². The molecule has 1 unspecified atom stereocenters. The van der Waals surface area contributed by atoms with Crippen molar-refractivity contribution in [3.8, 4) is 0 Å². The first kappa shape index (κ1) is 11.5. The smallest absolute Gasteiger partial charge is 0.132 e. The van der Waals surface area contributed by atoms with Gasteiger partial charge in [-0.25, -0.2) is 9.19 Å². The molecule has 82 valence electrons. The Hall–Kier alpha value is -1.00. The summed E-state index contributed by atoms with van der Waals surface area (Å²) in [6, 6.07) is 11.2. The number of hydrogen-bond donors (Lipinski definition) is 0. The summed E-state index contributed by atoms with van der Waals surface area (Å²) in [6.07, 6.45) is 1.65. The molecule has 0 bridgehead atoms. The summed E-state index contributed by atoms with van der Waals surface area (Å²) in [6.45, 7) is 1.95. The second-order valence-corrected chi connectivity index (χ2v) is 5.54. The number of halogens is 1. The van der Waals surface area contributed by atoms with Crippen LogP contribution in [-0.2, 0) is 10.8 Å². The topological polar surface area (TPSA) is 30.0 Å². The van der Waals surface area contributed by atoms with Crippen LogP contribution < -0.4 is 0 Å². The molecule has 1 aromatic heterocycles. The fourth-order valence-corrected chi connectivity index (χ4v) is 3.49. The molecule has 0 fully saturated rings. The van der Waals surface area contributed by atoms with E-state index in [0.29, 0.717) is 5.03 Å².